The fraction of sp³-hybridized carbons (Fsp3) is 0.208. The zero-order valence-corrected chi connectivity index (χ0v) is 17.4. The lowest BCUT2D eigenvalue weighted by Crippen LogP contribution is -2.01. The third kappa shape index (κ3) is 3.41. The van der Waals surface area contributed by atoms with Gasteiger partial charge in [0.05, 0.1) is 39.3 Å². The van der Waals surface area contributed by atoms with E-state index in [4.69, 9.17) is 28.7 Å². The van der Waals surface area contributed by atoms with E-state index in [1.54, 1.807) is 28.4 Å². The maximum Gasteiger partial charge on any atom is 0.226 e. The van der Waals surface area contributed by atoms with Crippen molar-refractivity contribution in [3.8, 4) is 28.9 Å². The average molecular weight is 405 g/mol. The van der Waals surface area contributed by atoms with E-state index in [1.165, 1.54) is 0 Å². The molecular weight excluding hydrogens is 382 g/mol. The number of pyridine rings is 1. The Morgan fingerprint density at radius 3 is 2.07 bits per heavy atom. The van der Waals surface area contributed by atoms with Gasteiger partial charge in [-0.05, 0) is 23.8 Å². The molecule has 0 radical (unpaired) electrons. The number of benzene rings is 3. The van der Waals surface area contributed by atoms with Gasteiger partial charge in [0.2, 0.25) is 5.88 Å². The van der Waals surface area contributed by atoms with Crippen LogP contribution in [-0.4, -0.2) is 33.4 Å². The van der Waals surface area contributed by atoms with Gasteiger partial charge in [-0.2, -0.15) is 0 Å². The molecule has 0 atom stereocenters. The molecule has 0 spiro atoms. The van der Waals surface area contributed by atoms with Crippen molar-refractivity contribution in [2.45, 2.75) is 6.61 Å². The minimum absolute atomic E-state index is 0.377. The van der Waals surface area contributed by atoms with Crippen LogP contribution in [0.4, 0.5) is 0 Å². The summed E-state index contributed by atoms with van der Waals surface area (Å²) in [6.45, 7) is 0.377. The summed E-state index contributed by atoms with van der Waals surface area (Å²) in [5.41, 5.74) is 1.78. The monoisotopic (exact) mass is 405 g/mol. The van der Waals surface area contributed by atoms with Crippen molar-refractivity contribution in [1.29, 1.82) is 0 Å². The lowest BCUT2D eigenvalue weighted by atomic mass is 10.0. The largest absolute Gasteiger partial charge is 0.493 e. The van der Waals surface area contributed by atoms with Crippen molar-refractivity contribution in [2.75, 3.05) is 28.4 Å². The molecule has 0 amide bonds. The first-order valence-corrected chi connectivity index (χ1v) is 9.47. The SMILES string of the molecule is COc1cc2nc(OCc3ccccc3)c3c(OC)c(OC)ccc3c2cc1OC. The Balaban J connectivity index is 1.98. The Hall–Kier alpha value is -3.67. The molecule has 30 heavy (non-hydrogen) atoms. The fourth-order valence-electron chi connectivity index (χ4n) is 3.54. The van der Waals surface area contributed by atoms with E-state index in [9.17, 15) is 0 Å². The summed E-state index contributed by atoms with van der Waals surface area (Å²) >= 11 is 0. The van der Waals surface area contributed by atoms with Crippen LogP contribution >= 0.6 is 0 Å². The standard InChI is InChI=1S/C24H23NO5/c1-26-19-11-10-16-17-12-20(27-2)21(28-3)13-18(17)25-24(22(16)23(19)29-4)30-14-15-8-6-5-7-9-15/h5-13H,14H2,1-4H3. The predicted octanol–water partition coefficient (Wildman–Crippen LogP) is 5.00. The highest BCUT2D eigenvalue weighted by atomic mass is 16.5. The molecule has 1 heterocycles. The van der Waals surface area contributed by atoms with Gasteiger partial charge in [-0.15, -0.1) is 0 Å². The van der Waals surface area contributed by atoms with Crippen LogP contribution in [0.15, 0.2) is 54.6 Å². The normalized spacial score (nSPS) is 10.8. The van der Waals surface area contributed by atoms with Crippen LogP contribution < -0.4 is 23.7 Å². The molecule has 0 N–H and O–H groups in total. The quantitative estimate of drug-likeness (QED) is 0.403. The minimum atomic E-state index is 0.377. The lowest BCUT2D eigenvalue weighted by molar-refractivity contribution is 0.297. The summed E-state index contributed by atoms with van der Waals surface area (Å²) in [6.07, 6.45) is 0. The summed E-state index contributed by atoms with van der Waals surface area (Å²) in [6, 6.07) is 17.6. The van der Waals surface area contributed by atoms with Gasteiger partial charge in [0.1, 0.15) is 6.61 Å². The summed E-state index contributed by atoms with van der Waals surface area (Å²) < 4.78 is 28.3. The van der Waals surface area contributed by atoms with Crippen molar-refractivity contribution in [1.82, 2.24) is 4.98 Å². The Morgan fingerprint density at radius 2 is 1.40 bits per heavy atom. The molecule has 0 saturated heterocycles. The highest BCUT2D eigenvalue weighted by Gasteiger charge is 2.20. The van der Waals surface area contributed by atoms with E-state index in [0.29, 0.717) is 35.5 Å². The molecule has 0 aliphatic rings. The molecule has 4 aromatic rings. The fourth-order valence-corrected chi connectivity index (χ4v) is 3.54. The van der Waals surface area contributed by atoms with Crippen molar-refractivity contribution in [3.63, 3.8) is 0 Å². The number of fused-ring (bicyclic) bond motifs is 3. The molecule has 1 aromatic heterocycles. The van der Waals surface area contributed by atoms with Crippen LogP contribution in [0.3, 0.4) is 0 Å². The Labute approximate surface area is 174 Å². The second-order valence-corrected chi connectivity index (χ2v) is 6.64. The molecule has 154 valence electrons. The topological polar surface area (TPSA) is 59.0 Å². The zero-order chi connectivity index (χ0) is 21.1. The maximum atomic E-state index is 6.17. The van der Waals surface area contributed by atoms with Crippen LogP contribution in [0, 0.1) is 0 Å². The summed E-state index contributed by atoms with van der Waals surface area (Å²) in [7, 11) is 6.43. The van der Waals surface area contributed by atoms with Crippen LogP contribution in [0.1, 0.15) is 5.56 Å². The molecule has 3 aromatic carbocycles. The van der Waals surface area contributed by atoms with E-state index >= 15 is 0 Å². The molecule has 0 aliphatic heterocycles. The van der Waals surface area contributed by atoms with E-state index < -0.39 is 0 Å². The zero-order valence-electron chi connectivity index (χ0n) is 17.4. The van der Waals surface area contributed by atoms with Gasteiger partial charge in [-0.1, -0.05) is 30.3 Å². The summed E-state index contributed by atoms with van der Waals surface area (Å²) in [5.74, 6) is 2.87. The van der Waals surface area contributed by atoms with Crippen molar-refractivity contribution < 1.29 is 23.7 Å². The van der Waals surface area contributed by atoms with Crippen molar-refractivity contribution >= 4 is 21.7 Å². The van der Waals surface area contributed by atoms with Gasteiger partial charge in [0, 0.05) is 16.8 Å². The smallest absolute Gasteiger partial charge is 0.226 e. The van der Waals surface area contributed by atoms with Crippen molar-refractivity contribution in [3.05, 3.63) is 60.2 Å². The molecule has 0 aliphatic carbocycles. The molecule has 4 rings (SSSR count). The van der Waals surface area contributed by atoms with E-state index in [0.717, 1.165) is 27.2 Å². The molecule has 6 heteroatoms. The number of methoxy groups -OCH3 is 4. The number of aromatic nitrogens is 1. The van der Waals surface area contributed by atoms with Crippen LogP contribution in [0.2, 0.25) is 0 Å². The van der Waals surface area contributed by atoms with Gasteiger partial charge in [-0.3, -0.25) is 0 Å². The first-order chi connectivity index (χ1) is 14.7. The number of ether oxygens (including phenoxy) is 5. The molecule has 0 unspecified atom stereocenters. The van der Waals surface area contributed by atoms with Gasteiger partial charge in [0.15, 0.2) is 23.0 Å². The first-order valence-electron chi connectivity index (χ1n) is 9.47. The molecule has 0 bridgehead atoms. The van der Waals surface area contributed by atoms with Gasteiger partial charge < -0.3 is 23.7 Å². The molecule has 0 fully saturated rings. The summed E-state index contributed by atoms with van der Waals surface area (Å²) in [5, 5.41) is 2.56. The predicted molar refractivity (Wildman–Crippen MR) is 116 cm³/mol. The van der Waals surface area contributed by atoms with Gasteiger partial charge in [-0.25, -0.2) is 4.98 Å². The second-order valence-electron chi connectivity index (χ2n) is 6.64. The third-order valence-corrected chi connectivity index (χ3v) is 4.99. The number of rotatable bonds is 7. The minimum Gasteiger partial charge on any atom is -0.493 e. The summed E-state index contributed by atoms with van der Waals surface area (Å²) in [4.78, 5) is 4.79. The highest BCUT2D eigenvalue weighted by molar-refractivity contribution is 6.11. The third-order valence-electron chi connectivity index (χ3n) is 4.99. The van der Waals surface area contributed by atoms with Crippen LogP contribution in [0.25, 0.3) is 21.7 Å². The first kappa shape index (κ1) is 19.6. The van der Waals surface area contributed by atoms with Crippen LogP contribution in [-0.2, 0) is 6.61 Å². The van der Waals surface area contributed by atoms with E-state index in [2.05, 4.69) is 0 Å². The Bertz CT molecular complexity index is 1190. The Morgan fingerprint density at radius 1 is 0.700 bits per heavy atom. The molecule has 0 saturated carbocycles. The maximum absolute atomic E-state index is 6.17. The van der Waals surface area contributed by atoms with Gasteiger partial charge in [0.25, 0.3) is 0 Å². The number of hydrogen-bond acceptors (Lipinski definition) is 6. The average Bonchev–Trinajstić information content (AvgIpc) is 2.81. The lowest BCUT2D eigenvalue weighted by Gasteiger charge is -2.17. The number of nitrogens with zero attached hydrogens (tertiary/aromatic N) is 1. The highest BCUT2D eigenvalue weighted by Crippen LogP contribution is 2.44. The van der Waals surface area contributed by atoms with Crippen molar-refractivity contribution in [2.24, 2.45) is 0 Å². The second kappa shape index (κ2) is 8.37. The Kier molecular flexibility index (Phi) is 5.48. The van der Waals surface area contributed by atoms with E-state index in [-0.39, 0.29) is 0 Å². The molecular formula is C24H23NO5. The van der Waals surface area contributed by atoms with Gasteiger partial charge >= 0.3 is 0 Å². The van der Waals surface area contributed by atoms with Crippen LogP contribution in [0.5, 0.6) is 28.9 Å². The number of hydrogen-bond donors (Lipinski definition) is 0. The molecule has 6 nitrogen and oxygen atoms in total. The van der Waals surface area contributed by atoms with E-state index in [1.807, 2.05) is 54.6 Å².